The number of ether oxygens (including phenoxy) is 3. The molecule has 1 fully saturated rings. The van der Waals surface area contributed by atoms with E-state index in [0.717, 1.165) is 28.6 Å². The van der Waals surface area contributed by atoms with E-state index in [4.69, 9.17) is 14.2 Å². The molecule has 2 heterocycles. The van der Waals surface area contributed by atoms with Gasteiger partial charge in [-0.15, -0.1) is 0 Å². The number of anilines is 1. The molecule has 33 heavy (non-hydrogen) atoms. The molecule has 0 saturated carbocycles. The smallest absolute Gasteiger partial charge is 0.298 e. The van der Waals surface area contributed by atoms with Crippen molar-refractivity contribution < 1.29 is 23.8 Å². The van der Waals surface area contributed by atoms with Gasteiger partial charge in [0.1, 0.15) is 12.4 Å². The first-order chi connectivity index (χ1) is 16.0. The Hall–Kier alpha value is -2.75. The molecule has 2 aliphatic rings. The predicted octanol–water partition coefficient (Wildman–Crippen LogP) is 6.76. The number of amides is 2. The standard InChI is InChI=1S/C24H15Br2NO5S/c25-17-8-15(11-21-23(28)27(24(29)33-21)16-4-2-1-3-5-16)9-18(26)22(17)30-12-14-6-7-19-20(10-14)32-13-31-19/h1-11H,12-13H2/b21-11-. The molecular formula is C24H15Br2NO5S. The normalized spacial score (nSPS) is 16.1. The summed E-state index contributed by atoms with van der Waals surface area (Å²) in [7, 11) is 0. The van der Waals surface area contributed by atoms with Gasteiger partial charge in [0.15, 0.2) is 11.5 Å². The molecule has 9 heteroatoms. The van der Waals surface area contributed by atoms with E-state index in [2.05, 4.69) is 31.9 Å². The Morgan fingerprint density at radius 2 is 1.70 bits per heavy atom. The molecule has 2 amide bonds. The first-order valence-electron chi connectivity index (χ1n) is 9.83. The van der Waals surface area contributed by atoms with Gasteiger partial charge in [-0.2, -0.15) is 0 Å². The zero-order chi connectivity index (χ0) is 22.9. The molecule has 166 valence electrons. The summed E-state index contributed by atoms with van der Waals surface area (Å²) in [5.41, 5.74) is 2.25. The third-order valence-corrected chi connectivity index (χ3v) is 6.99. The molecule has 0 aliphatic carbocycles. The lowest BCUT2D eigenvalue weighted by Gasteiger charge is -2.12. The van der Waals surface area contributed by atoms with Gasteiger partial charge in [-0.25, -0.2) is 4.90 Å². The van der Waals surface area contributed by atoms with Crippen LogP contribution < -0.4 is 19.1 Å². The summed E-state index contributed by atoms with van der Waals surface area (Å²) >= 11 is 8.02. The summed E-state index contributed by atoms with van der Waals surface area (Å²) in [6.45, 7) is 0.562. The minimum atomic E-state index is -0.341. The van der Waals surface area contributed by atoms with Crippen LogP contribution in [0.1, 0.15) is 11.1 Å². The van der Waals surface area contributed by atoms with Crippen LogP contribution in [0.25, 0.3) is 6.08 Å². The van der Waals surface area contributed by atoms with Gasteiger partial charge in [0.05, 0.1) is 19.5 Å². The summed E-state index contributed by atoms with van der Waals surface area (Å²) in [6.07, 6.45) is 1.70. The number of nitrogens with zero attached hydrogens (tertiary/aromatic N) is 1. The van der Waals surface area contributed by atoms with Crippen LogP contribution in [0.4, 0.5) is 10.5 Å². The van der Waals surface area contributed by atoms with Crippen LogP contribution in [0.5, 0.6) is 17.2 Å². The van der Waals surface area contributed by atoms with Crippen LogP contribution >= 0.6 is 43.6 Å². The van der Waals surface area contributed by atoms with E-state index in [1.165, 1.54) is 4.90 Å². The molecule has 0 atom stereocenters. The maximum Gasteiger partial charge on any atom is 0.298 e. The number of thioether (sulfide) groups is 1. The lowest BCUT2D eigenvalue weighted by atomic mass is 10.2. The number of benzene rings is 3. The van der Waals surface area contributed by atoms with Gasteiger partial charge in [-0.1, -0.05) is 24.3 Å². The van der Waals surface area contributed by atoms with Crippen molar-refractivity contribution in [3.05, 3.63) is 85.6 Å². The molecule has 0 unspecified atom stereocenters. The highest BCUT2D eigenvalue weighted by Crippen LogP contribution is 2.39. The van der Waals surface area contributed by atoms with Crippen molar-refractivity contribution >= 4 is 66.5 Å². The van der Waals surface area contributed by atoms with Crippen molar-refractivity contribution in [3.8, 4) is 17.2 Å². The Kier molecular flexibility index (Phi) is 6.18. The fourth-order valence-electron chi connectivity index (χ4n) is 3.41. The third-order valence-electron chi connectivity index (χ3n) is 4.95. The molecular weight excluding hydrogens is 574 g/mol. The van der Waals surface area contributed by atoms with Gasteiger partial charge in [-0.3, -0.25) is 9.59 Å². The average molecular weight is 589 g/mol. The second-order valence-electron chi connectivity index (χ2n) is 7.14. The van der Waals surface area contributed by atoms with Crippen LogP contribution in [0, 0.1) is 0 Å². The van der Waals surface area contributed by atoms with E-state index in [1.807, 2.05) is 36.4 Å². The molecule has 0 bridgehead atoms. The number of halogens is 2. The van der Waals surface area contributed by atoms with Crippen molar-refractivity contribution in [3.63, 3.8) is 0 Å². The molecule has 6 nitrogen and oxygen atoms in total. The fourth-order valence-corrected chi connectivity index (χ4v) is 5.70. The molecule has 5 rings (SSSR count). The highest BCUT2D eigenvalue weighted by molar-refractivity contribution is 9.11. The van der Waals surface area contributed by atoms with Crippen molar-refractivity contribution in [1.29, 1.82) is 0 Å². The van der Waals surface area contributed by atoms with E-state index in [9.17, 15) is 9.59 Å². The minimum Gasteiger partial charge on any atom is -0.487 e. The van der Waals surface area contributed by atoms with Gasteiger partial charge in [0.2, 0.25) is 6.79 Å². The first kappa shape index (κ1) is 22.1. The van der Waals surface area contributed by atoms with E-state index in [1.54, 1.807) is 30.3 Å². The average Bonchev–Trinajstić information content (AvgIpc) is 3.37. The molecule has 3 aromatic carbocycles. The SMILES string of the molecule is O=C1S/C(=C\c2cc(Br)c(OCc3ccc4c(c3)OCO4)c(Br)c2)C(=O)N1c1ccccc1. The van der Waals surface area contributed by atoms with Crippen LogP contribution in [-0.4, -0.2) is 17.9 Å². The van der Waals surface area contributed by atoms with Gasteiger partial charge >= 0.3 is 0 Å². The molecule has 0 aromatic heterocycles. The van der Waals surface area contributed by atoms with Gasteiger partial charge in [0, 0.05) is 0 Å². The lowest BCUT2D eigenvalue weighted by Crippen LogP contribution is -2.27. The summed E-state index contributed by atoms with van der Waals surface area (Å²) in [5.74, 6) is 1.71. The highest BCUT2D eigenvalue weighted by atomic mass is 79.9. The molecule has 3 aromatic rings. The zero-order valence-electron chi connectivity index (χ0n) is 16.9. The molecule has 0 radical (unpaired) electrons. The zero-order valence-corrected chi connectivity index (χ0v) is 20.9. The lowest BCUT2D eigenvalue weighted by molar-refractivity contribution is -0.113. The number of rotatable bonds is 5. The van der Waals surface area contributed by atoms with Crippen LogP contribution in [-0.2, 0) is 11.4 Å². The highest BCUT2D eigenvalue weighted by Gasteiger charge is 2.36. The van der Waals surface area contributed by atoms with Crippen molar-refractivity contribution in [1.82, 2.24) is 0 Å². The molecule has 1 saturated heterocycles. The second kappa shape index (κ2) is 9.24. The quantitative estimate of drug-likeness (QED) is 0.307. The van der Waals surface area contributed by atoms with Crippen LogP contribution in [0.3, 0.4) is 0 Å². The Morgan fingerprint density at radius 1 is 0.970 bits per heavy atom. The monoisotopic (exact) mass is 587 g/mol. The Morgan fingerprint density at radius 3 is 2.45 bits per heavy atom. The summed E-state index contributed by atoms with van der Waals surface area (Å²) in [5, 5.41) is -0.320. The summed E-state index contributed by atoms with van der Waals surface area (Å²) in [4.78, 5) is 26.8. The Balaban J connectivity index is 1.34. The van der Waals surface area contributed by atoms with E-state index in [0.29, 0.717) is 37.6 Å². The third kappa shape index (κ3) is 4.53. The molecule has 0 spiro atoms. The fraction of sp³-hybridized carbons (Fsp3) is 0.0833. The number of imide groups is 1. The van der Waals surface area contributed by atoms with E-state index in [-0.39, 0.29) is 17.9 Å². The first-order valence-corrected chi connectivity index (χ1v) is 12.2. The number of para-hydroxylation sites is 1. The topological polar surface area (TPSA) is 65.1 Å². The maximum absolute atomic E-state index is 12.8. The van der Waals surface area contributed by atoms with Gasteiger partial charge in [-0.05, 0) is 97.2 Å². The van der Waals surface area contributed by atoms with Gasteiger partial charge in [0.25, 0.3) is 11.1 Å². The summed E-state index contributed by atoms with van der Waals surface area (Å²) in [6, 6.07) is 18.2. The number of fused-ring (bicyclic) bond motifs is 1. The molecule has 2 aliphatic heterocycles. The Labute approximate surface area is 210 Å². The largest absolute Gasteiger partial charge is 0.487 e. The predicted molar refractivity (Wildman–Crippen MR) is 134 cm³/mol. The minimum absolute atomic E-state index is 0.225. The number of hydrogen-bond acceptors (Lipinski definition) is 6. The van der Waals surface area contributed by atoms with Crippen molar-refractivity contribution in [2.45, 2.75) is 6.61 Å². The van der Waals surface area contributed by atoms with Crippen LogP contribution in [0.15, 0.2) is 74.5 Å². The van der Waals surface area contributed by atoms with E-state index >= 15 is 0 Å². The van der Waals surface area contributed by atoms with Crippen LogP contribution in [0.2, 0.25) is 0 Å². The Bertz CT molecular complexity index is 1270. The number of carbonyl (C=O) groups excluding carboxylic acids is 2. The number of hydrogen-bond donors (Lipinski definition) is 0. The molecule has 0 N–H and O–H groups in total. The summed E-state index contributed by atoms with van der Waals surface area (Å²) < 4.78 is 18.2. The van der Waals surface area contributed by atoms with Crippen molar-refractivity contribution in [2.75, 3.05) is 11.7 Å². The second-order valence-corrected chi connectivity index (χ2v) is 9.84. The van der Waals surface area contributed by atoms with Gasteiger partial charge < -0.3 is 14.2 Å². The number of carbonyl (C=O) groups is 2. The van der Waals surface area contributed by atoms with Crippen molar-refractivity contribution in [2.24, 2.45) is 0 Å². The van der Waals surface area contributed by atoms with E-state index < -0.39 is 0 Å². The maximum atomic E-state index is 12.8.